The summed E-state index contributed by atoms with van der Waals surface area (Å²) in [4.78, 5) is 3.76. The molecule has 0 amide bonds. The van der Waals surface area contributed by atoms with Gasteiger partial charge in [-0.05, 0) is 18.4 Å². The van der Waals surface area contributed by atoms with Crippen LogP contribution in [-0.4, -0.2) is 33.9 Å². The van der Waals surface area contributed by atoms with E-state index in [1.807, 2.05) is 30.3 Å². The second kappa shape index (κ2) is 4.75. The summed E-state index contributed by atoms with van der Waals surface area (Å²) in [6.45, 7) is 0.363. The molecular formula is C12H14N4O2S. The molecule has 6 nitrogen and oxygen atoms in total. The Kier molecular flexibility index (Phi) is 3.08. The van der Waals surface area contributed by atoms with Gasteiger partial charge >= 0.3 is 0 Å². The molecule has 1 heterocycles. The predicted molar refractivity (Wildman–Crippen MR) is 68.6 cm³/mol. The van der Waals surface area contributed by atoms with Crippen LogP contribution in [0.4, 0.5) is 0 Å². The Morgan fingerprint density at radius 3 is 2.58 bits per heavy atom. The molecule has 1 aromatic carbocycles. The third kappa shape index (κ3) is 2.52. The third-order valence-electron chi connectivity index (χ3n) is 3.07. The SMILES string of the molecule is O=S(=O)(c1nc[nH]n1)N(Cc1ccccc1)C1CC1. The monoisotopic (exact) mass is 278 g/mol. The van der Waals surface area contributed by atoms with Crippen molar-refractivity contribution in [3.63, 3.8) is 0 Å². The van der Waals surface area contributed by atoms with Crippen molar-refractivity contribution in [3.8, 4) is 0 Å². The molecule has 3 rings (SSSR count). The van der Waals surface area contributed by atoms with Crippen LogP contribution < -0.4 is 0 Å². The zero-order chi connectivity index (χ0) is 13.3. The summed E-state index contributed by atoms with van der Waals surface area (Å²) in [5.41, 5.74) is 0.966. The standard InChI is InChI=1S/C12H14N4O2S/c17-19(18,12-13-9-14-15-12)16(11-6-7-11)8-10-4-2-1-3-5-10/h1-5,9,11H,6-8H2,(H,13,14,15). The molecular weight excluding hydrogens is 264 g/mol. The van der Waals surface area contributed by atoms with E-state index in [-0.39, 0.29) is 11.2 Å². The fourth-order valence-corrected chi connectivity index (χ4v) is 3.45. The Morgan fingerprint density at radius 2 is 2.00 bits per heavy atom. The van der Waals surface area contributed by atoms with Gasteiger partial charge in [0.15, 0.2) is 0 Å². The van der Waals surface area contributed by atoms with E-state index in [2.05, 4.69) is 15.2 Å². The highest BCUT2D eigenvalue weighted by Gasteiger charge is 2.39. The van der Waals surface area contributed by atoms with Gasteiger partial charge in [0.2, 0.25) is 0 Å². The van der Waals surface area contributed by atoms with E-state index < -0.39 is 10.0 Å². The van der Waals surface area contributed by atoms with Crippen molar-refractivity contribution in [1.82, 2.24) is 19.5 Å². The minimum atomic E-state index is -3.61. The molecule has 1 N–H and O–H groups in total. The highest BCUT2D eigenvalue weighted by Crippen LogP contribution is 2.32. The fourth-order valence-electron chi connectivity index (χ4n) is 1.96. The zero-order valence-electron chi connectivity index (χ0n) is 10.2. The number of rotatable bonds is 5. The van der Waals surface area contributed by atoms with Crippen molar-refractivity contribution in [2.24, 2.45) is 0 Å². The van der Waals surface area contributed by atoms with E-state index in [0.29, 0.717) is 6.54 Å². The second-order valence-electron chi connectivity index (χ2n) is 4.55. The lowest BCUT2D eigenvalue weighted by atomic mass is 10.2. The van der Waals surface area contributed by atoms with E-state index in [0.717, 1.165) is 18.4 Å². The van der Waals surface area contributed by atoms with Gasteiger partial charge in [-0.2, -0.15) is 4.31 Å². The van der Waals surface area contributed by atoms with Crippen molar-refractivity contribution < 1.29 is 8.42 Å². The quantitative estimate of drug-likeness (QED) is 0.890. The topological polar surface area (TPSA) is 79.0 Å². The molecule has 1 aliphatic rings. The van der Waals surface area contributed by atoms with Crippen molar-refractivity contribution in [2.75, 3.05) is 0 Å². The first-order valence-corrected chi connectivity index (χ1v) is 7.53. The maximum atomic E-state index is 12.5. The summed E-state index contributed by atoms with van der Waals surface area (Å²) in [6, 6.07) is 9.63. The molecule has 0 saturated heterocycles. The minimum Gasteiger partial charge on any atom is -0.265 e. The molecule has 7 heteroatoms. The highest BCUT2D eigenvalue weighted by molar-refractivity contribution is 7.88. The summed E-state index contributed by atoms with van der Waals surface area (Å²) in [5, 5.41) is 5.98. The highest BCUT2D eigenvalue weighted by atomic mass is 32.2. The van der Waals surface area contributed by atoms with E-state index in [9.17, 15) is 8.42 Å². The van der Waals surface area contributed by atoms with Crippen LogP contribution in [0.25, 0.3) is 0 Å². The van der Waals surface area contributed by atoms with Crippen molar-refractivity contribution in [1.29, 1.82) is 0 Å². The van der Waals surface area contributed by atoms with Crippen LogP contribution in [0.5, 0.6) is 0 Å². The van der Waals surface area contributed by atoms with Crippen LogP contribution in [0.2, 0.25) is 0 Å². The lowest BCUT2D eigenvalue weighted by molar-refractivity contribution is 0.394. The van der Waals surface area contributed by atoms with Gasteiger partial charge in [0, 0.05) is 12.6 Å². The Balaban J connectivity index is 1.90. The molecule has 1 fully saturated rings. The van der Waals surface area contributed by atoms with E-state index >= 15 is 0 Å². The Hall–Kier alpha value is -1.73. The van der Waals surface area contributed by atoms with Crippen molar-refractivity contribution >= 4 is 10.0 Å². The first kappa shape index (κ1) is 12.3. The molecule has 0 bridgehead atoms. The first-order valence-electron chi connectivity index (χ1n) is 6.09. The fraction of sp³-hybridized carbons (Fsp3) is 0.333. The molecule has 0 spiro atoms. The number of aromatic amines is 1. The van der Waals surface area contributed by atoms with Gasteiger partial charge in [0.05, 0.1) is 0 Å². The van der Waals surface area contributed by atoms with Crippen LogP contribution in [0.3, 0.4) is 0 Å². The molecule has 1 aromatic heterocycles. The molecule has 0 atom stereocenters. The van der Waals surface area contributed by atoms with Crippen LogP contribution in [0.1, 0.15) is 18.4 Å². The average molecular weight is 278 g/mol. The van der Waals surface area contributed by atoms with E-state index in [4.69, 9.17) is 0 Å². The van der Waals surface area contributed by atoms with Gasteiger partial charge in [-0.15, -0.1) is 5.10 Å². The van der Waals surface area contributed by atoms with Crippen LogP contribution in [0.15, 0.2) is 41.8 Å². The molecule has 100 valence electrons. The van der Waals surface area contributed by atoms with Gasteiger partial charge in [-0.3, -0.25) is 5.10 Å². The smallest absolute Gasteiger partial charge is 0.265 e. The average Bonchev–Trinajstić information content (AvgIpc) is 3.09. The third-order valence-corrected chi connectivity index (χ3v) is 4.77. The molecule has 1 saturated carbocycles. The van der Waals surface area contributed by atoms with Crippen molar-refractivity contribution in [3.05, 3.63) is 42.2 Å². The number of sulfonamides is 1. The minimum absolute atomic E-state index is 0.0729. The predicted octanol–water partition coefficient (Wildman–Crippen LogP) is 1.16. The van der Waals surface area contributed by atoms with Gasteiger partial charge < -0.3 is 0 Å². The lowest BCUT2D eigenvalue weighted by Gasteiger charge is -2.19. The Bertz CT molecular complexity index is 636. The summed E-state index contributed by atoms with van der Waals surface area (Å²) >= 11 is 0. The normalized spacial score (nSPS) is 15.8. The summed E-state index contributed by atoms with van der Waals surface area (Å²) in [5.74, 6) is 0. The number of H-pyrrole nitrogens is 1. The Morgan fingerprint density at radius 1 is 1.26 bits per heavy atom. The molecule has 0 aliphatic heterocycles. The van der Waals surface area contributed by atoms with Crippen molar-refractivity contribution in [2.45, 2.75) is 30.6 Å². The molecule has 2 aromatic rings. The lowest BCUT2D eigenvalue weighted by Crippen LogP contribution is -2.33. The van der Waals surface area contributed by atoms with Gasteiger partial charge in [0.1, 0.15) is 6.33 Å². The summed E-state index contributed by atoms with van der Waals surface area (Å²) in [6.07, 6.45) is 3.08. The summed E-state index contributed by atoms with van der Waals surface area (Å²) < 4.78 is 26.4. The largest absolute Gasteiger partial charge is 0.282 e. The first-order chi connectivity index (χ1) is 9.18. The van der Waals surface area contributed by atoms with Crippen LogP contribution in [0, 0.1) is 0 Å². The van der Waals surface area contributed by atoms with Gasteiger partial charge in [0.25, 0.3) is 15.2 Å². The second-order valence-corrected chi connectivity index (χ2v) is 6.33. The number of aromatic nitrogens is 3. The number of nitrogens with zero attached hydrogens (tertiary/aromatic N) is 3. The van der Waals surface area contributed by atoms with Crippen LogP contribution in [-0.2, 0) is 16.6 Å². The van der Waals surface area contributed by atoms with E-state index in [1.165, 1.54) is 10.6 Å². The maximum absolute atomic E-state index is 12.5. The number of nitrogens with one attached hydrogen (secondary N) is 1. The van der Waals surface area contributed by atoms with Crippen LogP contribution >= 0.6 is 0 Å². The zero-order valence-corrected chi connectivity index (χ0v) is 11.0. The van der Waals surface area contributed by atoms with Gasteiger partial charge in [-0.25, -0.2) is 13.4 Å². The maximum Gasteiger partial charge on any atom is 0.282 e. The number of hydrogen-bond acceptors (Lipinski definition) is 4. The molecule has 0 unspecified atom stereocenters. The Labute approximate surface area is 111 Å². The molecule has 1 aliphatic carbocycles. The molecule has 19 heavy (non-hydrogen) atoms. The van der Waals surface area contributed by atoms with E-state index in [1.54, 1.807) is 0 Å². The number of benzene rings is 1. The molecule has 0 radical (unpaired) electrons. The number of hydrogen-bond donors (Lipinski definition) is 1. The van der Waals surface area contributed by atoms with Gasteiger partial charge in [-0.1, -0.05) is 30.3 Å². The summed E-state index contributed by atoms with van der Waals surface area (Å²) in [7, 11) is -3.61.